The van der Waals surface area contributed by atoms with Gasteiger partial charge < -0.3 is 5.32 Å². The van der Waals surface area contributed by atoms with Gasteiger partial charge in [-0.15, -0.1) is 21.5 Å². The van der Waals surface area contributed by atoms with Crippen LogP contribution in [-0.2, 0) is 11.2 Å². The molecule has 0 aliphatic heterocycles. The summed E-state index contributed by atoms with van der Waals surface area (Å²) in [4.78, 5) is 26.0. The minimum absolute atomic E-state index is 0.0942. The highest BCUT2D eigenvalue weighted by Crippen LogP contribution is 2.28. The van der Waals surface area contributed by atoms with Gasteiger partial charge in [-0.3, -0.25) is 14.2 Å². The van der Waals surface area contributed by atoms with E-state index in [9.17, 15) is 9.59 Å². The molecule has 162 valence electrons. The number of Topliss-reactive ketones (excluding diaryl/α,β-unsaturated/α-hetero) is 1. The highest BCUT2D eigenvalue weighted by Gasteiger charge is 2.22. The van der Waals surface area contributed by atoms with Gasteiger partial charge in [0.1, 0.15) is 5.82 Å². The Morgan fingerprint density at radius 2 is 1.78 bits per heavy atom. The number of thiophene rings is 1. The van der Waals surface area contributed by atoms with E-state index in [0.717, 1.165) is 11.5 Å². The third kappa shape index (κ3) is 4.98. The Balaban J connectivity index is 1.58. The number of nitrogens with one attached hydrogen (secondary N) is 1. The normalized spacial score (nSPS) is 11.8. The van der Waals surface area contributed by atoms with Crippen LogP contribution in [0.2, 0.25) is 0 Å². The molecule has 4 aromatic rings. The van der Waals surface area contributed by atoms with Gasteiger partial charge in [-0.05, 0) is 49.6 Å². The predicted octanol–water partition coefficient (Wildman–Crippen LogP) is 5.24. The summed E-state index contributed by atoms with van der Waals surface area (Å²) in [6.07, 6.45) is 0.659. The van der Waals surface area contributed by atoms with Crippen LogP contribution in [0.3, 0.4) is 0 Å². The highest BCUT2D eigenvalue weighted by atomic mass is 32.2. The lowest BCUT2D eigenvalue weighted by Crippen LogP contribution is -2.24. The van der Waals surface area contributed by atoms with Crippen LogP contribution in [0.25, 0.3) is 5.69 Å². The number of hydrogen-bond acceptors (Lipinski definition) is 6. The summed E-state index contributed by atoms with van der Waals surface area (Å²) in [5.74, 6) is 0.519. The molecule has 1 unspecified atom stereocenters. The average molecular weight is 463 g/mol. The van der Waals surface area contributed by atoms with E-state index in [1.807, 2.05) is 53.3 Å². The van der Waals surface area contributed by atoms with E-state index < -0.39 is 5.25 Å². The van der Waals surface area contributed by atoms with Crippen LogP contribution in [0.15, 0.2) is 77.3 Å². The number of thioether (sulfide) groups is 1. The number of amides is 1. The fourth-order valence-corrected chi connectivity index (χ4v) is 4.83. The molecule has 0 bridgehead atoms. The van der Waals surface area contributed by atoms with Crippen molar-refractivity contribution in [2.45, 2.75) is 30.7 Å². The number of ketones is 1. The van der Waals surface area contributed by atoms with E-state index >= 15 is 0 Å². The fraction of sp³-hybridized carbons (Fsp3) is 0.167. The van der Waals surface area contributed by atoms with E-state index in [1.165, 1.54) is 23.6 Å². The molecule has 2 aromatic carbocycles. The van der Waals surface area contributed by atoms with Gasteiger partial charge in [0.15, 0.2) is 10.9 Å². The third-order valence-electron chi connectivity index (χ3n) is 4.84. The standard InChI is InChI=1S/C24H22N4O2S2/c1-16(29)20-12-6-7-13-21(20)25-23(30)17(2)32-24-27-26-22(15-19-11-8-14-31-19)28(24)18-9-4-3-5-10-18/h3-14,17H,15H2,1-2H3,(H,25,30). The number of nitrogens with zero attached hydrogens (tertiary/aromatic N) is 3. The van der Waals surface area contributed by atoms with Crippen molar-refractivity contribution in [2.75, 3.05) is 5.32 Å². The van der Waals surface area contributed by atoms with Crippen molar-refractivity contribution < 1.29 is 9.59 Å². The first kappa shape index (κ1) is 22.0. The summed E-state index contributed by atoms with van der Waals surface area (Å²) < 4.78 is 2.00. The number of anilines is 1. The summed E-state index contributed by atoms with van der Waals surface area (Å²) in [6, 6.07) is 21.0. The van der Waals surface area contributed by atoms with E-state index in [0.29, 0.717) is 22.8 Å². The van der Waals surface area contributed by atoms with Gasteiger partial charge in [0.25, 0.3) is 0 Å². The van der Waals surface area contributed by atoms with E-state index in [1.54, 1.807) is 35.6 Å². The van der Waals surface area contributed by atoms with Gasteiger partial charge in [-0.2, -0.15) is 0 Å². The van der Waals surface area contributed by atoms with Crippen LogP contribution in [0.5, 0.6) is 0 Å². The maximum Gasteiger partial charge on any atom is 0.237 e. The van der Waals surface area contributed by atoms with Gasteiger partial charge >= 0.3 is 0 Å². The summed E-state index contributed by atoms with van der Waals surface area (Å²) in [5, 5.41) is 13.9. The van der Waals surface area contributed by atoms with Crippen molar-refractivity contribution in [1.82, 2.24) is 14.8 Å². The molecule has 4 rings (SSSR count). The van der Waals surface area contributed by atoms with Gasteiger partial charge in [0, 0.05) is 22.5 Å². The lowest BCUT2D eigenvalue weighted by molar-refractivity contribution is -0.115. The molecule has 2 aromatic heterocycles. The number of carbonyl (C=O) groups excluding carboxylic acids is 2. The van der Waals surface area contributed by atoms with Gasteiger partial charge in [-0.1, -0.05) is 48.2 Å². The van der Waals surface area contributed by atoms with Crippen molar-refractivity contribution in [3.63, 3.8) is 0 Å². The molecular weight excluding hydrogens is 440 g/mol. The van der Waals surface area contributed by atoms with E-state index in [2.05, 4.69) is 21.6 Å². The number of hydrogen-bond donors (Lipinski definition) is 1. The Hall–Kier alpha value is -3.23. The number of rotatable bonds is 8. The van der Waals surface area contributed by atoms with Crippen LogP contribution >= 0.6 is 23.1 Å². The molecule has 1 amide bonds. The second-order valence-corrected chi connectivity index (χ2v) is 9.52. The van der Waals surface area contributed by atoms with Gasteiger partial charge in [-0.25, -0.2) is 0 Å². The number of benzene rings is 2. The molecule has 0 aliphatic carbocycles. The molecule has 0 spiro atoms. The molecular formula is C24H22N4O2S2. The monoisotopic (exact) mass is 462 g/mol. The third-order valence-corrected chi connectivity index (χ3v) is 6.76. The number of para-hydroxylation sites is 2. The Bertz CT molecular complexity index is 1220. The Morgan fingerprint density at radius 1 is 1.03 bits per heavy atom. The number of aromatic nitrogens is 3. The lowest BCUT2D eigenvalue weighted by Gasteiger charge is -2.15. The zero-order valence-electron chi connectivity index (χ0n) is 17.7. The smallest absolute Gasteiger partial charge is 0.237 e. The van der Waals surface area contributed by atoms with Crippen LogP contribution in [0.1, 0.15) is 34.9 Å². The van der Waals surface area contributed by atoms with Crippen LogP contribution in [0.4, 0.5) is 5.69 Å². The van der Waals surface area contributed by atoms with E-state index in [-0.39, 0.29) is 11.7 Å². The molecule has 0 saturated carbocycles. The molecule has 1 N–H and O–H groups in total. The summed E-state index contributed by atoms with van der Waals surface area (Å²) >= 11 is 3.01. The summed E-state index contributed by atoms with van der Waals surface area (Å²) in [6.45, 7) is 3.31. The first-order chi connectivity index (χ1) is 15.5. The van der Waals surface area contributed by atoms with Gasteiger partial charge in [0.2, 0.25) is 5.91 Å². The highest BCUT2D eigenvalue weighted by molar-refractivity contribution is 8.00. The zero-order chi connectivity index (χ0) is 22.5. The maximum absolute atomic E-state index is 12.9. The molecule has 0 radical (unpaired) electrons. The SMILES string of the molecule is CC(=O)c1ccccc1NC(=O)C(C)Sc1nnc(Cc2cccs2)n1-c1ccccc1. The topological polar surface area (TPSA) is 76.9 Å². The number of carbonyl (C=O) groups is 2. The summed E-state index contributed by atoms with van der Waals surface area (Å²) in [7, 11) is 0. The Labute approximate surface area is 194 Å². The summed E-state index contributed by atoms with van der Waals surface area (Å²) in [5.41, 5.74) is 1.95. The lowest BCUT2D eigenvalue weighted by atomic mass is 10.1. The minimum Gasteiger partial charge on any atom is -0.324 e. The second-order valence-electron chi connectivity index (χ2n) is 7.18. The van der Waals surface area contributed by atoms with Crippen molar-refractivity contribution in [3.05, 3.63) is 88.4 Å². The van der Waals surface area contributed by atoms with Crippen LogP contribution < -0.4 is 5.32 Å². The van der Waals surface area contributed by atoms with Crippen molar-refractivity contribution in [2.24, 2.45) is 0 Å². The molecule has 2 heterocycles. The first-order valence-electron chi connectivity index (χ1n) is 10.1. The maximum atomic E-state index is 12.9. The Kier molecular flexibility index (Phi) is 6.82. The van der Waals surface area contributed by atoms with E-state index in [4.69, 9.17) is 0 Å². The van der Waals surface area contributed by atoms with Crippen LogP contribution in [0, 0.1) is 0 Å². The largest absolute Gasteiger partial charge is 0.324 e. The molecule has 0 saturated heterocycles. The quantitative estimate of drug-likeness (QED) is 0.286. The second kappa shape index (κ2) is 9.93. The predicted molar refractivity (Wildman–Crippen MR) is 129 cm³/mol. The van der Waals surface area contributed by atoms with Crippen molar-refractivity contribution >= 4 is 40.5 Å². The van der Waals surface area contributed by atoms with Gasteiger partial charge in [0.05, 0.1) is 10.9 Å². The zero-order valence-corrected chi connectivity index (χ0v) is 19.3. The van der Waals surface area contributed by atoms with Crippen molar-refractivity contribution in [3.8, 4) is 5.69 Å². The first-order valence-corrected chi connectivity index (χ1v) is 11.9. The Morgan fingerprint density at radius 3 is 2.50 bits per heavy atom. The van der Waals surface area contributed by atoms with Crippen molar-refractivity contribution in [1.29, 1.82) is 0 Å². The fourth-order valence-electron chi connectivity index (χ4n) is 3.24. The van der Waals surface area contributed by atoms with Crippen LogP contribution in [-0.4, -0.2) is 31.7 Å². The molecule has 32 heavy (non-hydrogen) atoms. The minimum atomic E-state index is -0.448. The average Bonchev–Trinajstić information content (AvgIpc) is 3.45. The molecule has 1 atom stereocenters. The molecule has 8 heteroatoms. The molecule has 6 nitrogen and oxygen atoms in total. The molecule has 0 aliphatic rings. The molecule has 0 fully saturated rings.